The van der Waals surface area contributed by atoms with Crippen molar-refractivity contribution < 1.29 is 13.9 Å². The van der Waals surface area contributed by atoms with Crippen LogP contribution in [-0.4, -0.2) is 22.2 Å². The van der Waals surface area contributed by atoms with E-state index in [1.807, 2.05) is 13.8 Å². The lowest BCUT2D eigenvalue weighted by Gasteiger charge is -2.10. The van der Waals surface area contributed by atoms with Crippen LogP contribution in [0.2, 0.25) is 0 Å². The summed E-state index contributed by atoms with van der Waals surface area (Å²) in [5.41, 5.74) is -0.0625. The van der Waals surface area contributed by atoms with Gasteiger partial charge in [0, 0.05) is 23.4 Å². The van der Waals surface area contributed by atoms with E-state index in [1.165, 1.54) is 17.4 Å². The smallest absolute Gasteiger partial charge is 0.337 e. The summed E-state index contributed by atoms with van der Waals surface area (Å²) in [4.78, 5) is 24.5. The van der Waals surface area contributed by atoms with Crippen LogP contribution in [0.25, 0.3) is 11.0 Å². The first-order chi connectivity index (χ1) is 12.5. The van der Waals surface area contributed by atoms with Crippen LogP contribution in [0.4, 0.5) is 5.13 Å². The van der Waals surface area contributed by atoms with Gasteiger partial charge in [-0.05, 0) is 38.8 Å². The average Bonchev–Trinajstić information content (AvgIpc) is 3.33. The van der Waals surface area contributed by atoms with Crippen molar-refractivity contribution in [2.45, 2.75) is 38.7 Å². The van der Waals surface area contributed by atoms with Crippen LogP contribution < -0.4 is 15.7 Å². The van der Waals surface area contributed by atoms with E-state index in [0.717, 1.165) is 17.8 Å². The van der Waals surface area contributed by atoms with Crippen molar-refractivity contribution in [3.8, 4) is 5.75 Å². The molecule has 1 aliphatic carbocycles. The first kappa shape index (κ1) is 16.7. The molecule has 0 aliphatic heterocycles. The molecule has 1 fully saturated rings. The summed E-state index contributed by atoms with van der Waals surface area (Å²) in [5.74, 6) is 0.632. The van der Waals surface area contributed by atoms with Crippen LogP contribution in [0.5, 0.6) is 5.75 Å². The zero-order chi connectivity index (χ0) is 18.3. The lowest BCUT2D eigenvalue weighted by atomic mass is 10.1. The molecule has 1 aliphatic rings. The molecule has 8 heteroatoms. The third kappa shape index (κ3) is 3.45. The van der Waals surface area contributed by atoms with Gasteiger partial charge in [-0.25, -0.2) is 4.79 Å². The number of anilines is 1. The van der Waals surface area contributed by atoms with Crippen molar-refractivity contribution in [3.05, 3.63) is 45.3 Å². The molecule has 4 rings (SSSR count). The van der Waals surface area contributed by atoms with Gasteiger partial charge < -0.3 is 9.15 Å². The maximum Gasteiger partial charge on any atom is 0.337 e. The van der Waals surface area contributed by atoms with Gasteiger partial charge in [0.05, 0.1) is 11.7 Å². The number of fused-ring (bicyclic) bond motifs is 1. The monoisotopic (exact) mass is 371 g/mol. The topological polar surface area (TPSA) is 94.3 Å². The summed E-state index contributed by atoms with van der Waals surface area (Å²) >= 11 is 1.37. The summed E-state index contributed by atoms with van der Waals surface area (Å²) in [6, 6.07) is 6.25. The lowest BCUT2D eigenvalue weighted by molar-refractivity contribution is 0.102. The van der Waals surface area contributed by atoms with Gasteiger partial charge in [-0.15, -0.1) is 10.2 Å². The molecular weight excluding hydrogens is 354 g/mol. The molecule has 0 unspecified atom stereocenters. The number of aromatic nitrogens is 2. The molecular formula is C18H17N3O4S. The first-order valence-corrected chi connectivity index (χ1v) is 9.20. The normalized spacial score (nSPS) is 14.0. The molecule has 1 amide bonds. The Hall–Kier alpha value is -2.74. The van der Waals surface area contributed by atoms with Crippen LogP contribution in [0.1, 0.15) is 48.0 Å². The fraction of sp³-hybridized carbons (Fsp3) is 0.333. The van der Waals surface area contributed by atoms with E-state index in [2.05, 4.69) is 15.5 Å². The zero-order valence-corrected chi connectivity index (χ0v) is 15.1. The van der Waals surface area contributed by atoms with E-state index in [9.17, 15) is 9.59 Å². The summed E-state index contributed by atoms with van der Waals surface area (Å²) in [7, 11) is 0. The summed E-state index contributed by atoms with van der Waals surface area (Å²) < 4.78 is 10.8. The van der Waals surface area contributed by atoms with E-state index in [-0.39, 0.29) is 11.7 Å². The lowest BCUT2D eigenvalue weighted by Crippen LogP contribution is -2.15. The summed E-state index contributed by atoms with van der Waals surface area (Å²) in [6.45, 7) is 3.81. The standard InChI is InChI=1S/C18H17N3O4S/c1-9(2)24-11-5-6-12-13(8-15(22)25-14(12)7-11)16(23)19-18-21-20-17(26-18)10-3-4-10/h5-10H,3-4H2,1-2H3,(H,19,21,23). The van der Waals surface area contributed by atoms with Gasteiger partial charge in [-0.3, -0.25) is 10.1 Å². The van der Waals surface area contributed by atoms with Crippen molar-refractivity contribution in [2.24, 2.45) is 0 Å². The van der Waals surface area contributed by atoms with E-state index in [4.69, 9.17) is 9.15 Å². The second-order valence-corrected chi connectivity index (χ2v) is 7.49. The van der Waals surface area contributed by atoms with Crippen molar-refractivity contribution in [3.63, 3.8) is 0 Å². The number of benzene rings is 1. The molecule has 7 nitrogen and oxygen atoms in total. The van der Waals surface area contributed by atoms with E-state index >= 15 is 0 Å². The summed E-state index contributed by atoms with van der Waals surface area (Å²) in [6.07, 6.45) is 2.23. The van der Waals surface area contributed by atoms with Crippen molar-refractivity contribution >= 4 is 33.3 Å². The molecule has 2 aromatic heterocycles. The molecule has 0 bridgehead atoms. The Kier molecular flexibility index (Phi) is 4.20. The first-order valence-electron chi connectivity index (χ1n) is 8.39. The largest absolute Gasteiger partial charge is 0.491 e. The Balaban J connectivity index is 1.65. The highest BCUT2D eigenvalue weighted by atomic mass is 32.1. The molecule has 2 heterocycles. The predicted molar refractivity (Wildman–Crippen MR) is 98.1 cm³/mol. The number of amides is 1. The molecule has 134 valence electrons. The van der Waals surface area contributed by atoms with Gasteiger partial charge in [0.2, 0.25) is 5.13 Å². The minimum atomic E-state index is -0.597. The Morgan fingerprint density at radius 1 is 1.31 bits per heavy atom. The Morgan fingerprint density at radius 2 is 2.12 bits per heavy atom. The number of hydrogen-bond acceptors (Lipinski definition) is 7. The van der Waals surface area contributed by atoms with Gasteiger partial charge >= 0.3 is 5.63 Å². The predicted octanol–water partition coefficient (Wildman–Crippen LogP) is 3.56. The van der Waals surface area contributed by atoms with Gasteiger partial charge in [0.1, 0.15) is 16.3 Å². The number of ether oxygens (including phenoxy) is 1. The Bertz CT molecular complexity index is 1040. The van der Waals surface area contributed by atoms with Gasteiger partial charge in [0.15, 0.2) is 0 Å². The van der Waals surface area contributed by atoms with E-state index < -0.39 is 11.5 Å². The third-order valence-corrected chi connectivity index (χ3v) is 4.92. The zero-order valence-electron chi connectivity index (χ0n) is 14.3. The van der Waals surface area contributed by atoms with Gasteiger partial charge in [0.25, 0.3) is 5.91 Å². The van der Waals surface area contributed by atoms with Crippen LogP contribution >= 0.6 is 11.3 Å². The van der Waals surface area contributed by atoms with Gasteiger partial charge in [-0.2, -0.15) is 0 Å². The second kappa shape index (κ2) is 6.53. The fourth-order valence-electron chi connectivity index (χ4n) is 2.62. The van der Waals surface area contributed by atoms with Crippen LogP contribution in [-0.2, 0) is 0 Å². The molecule has 0 radical (unpaired) electrons. The maximum absolute atomic E-state index is 12.7. The highest BCUT2D eigenvalue weighted by Crippen LogP contribution is 2.42. The second-order valence-electron chi connectivity index (χ2n) is 6.48. The van der Waals surface area contributed by atoms with Crippen molar-refractivity contribution in [2.75, 3.05) is 5.32 Å². The number of hydrogen-bond donors (Lipinski definition) is 1. The van der Waals surface area contributed by atoms with Crippen LogP contribution in [0.15, 0.2) is 33.5 Å². The Labute approximate surface area is 153 Å². The average molecular weight is 371 g/mol. The highest BCUT2D eigenvalue weighted by molar-refractivity contribution is 7.15. The third-order valence-electron chi connectivity index (χ3n) is 3.92. The number of carbonyl (C=O) groups is 1. The SMILES string of the molecule is CC(C)Oc1ccc2c(C(=O)Nc3nnc(C4CC4)s3)cc(=O)oc2c1. The number of nitrogens with one attached hydrogen (secondary N) is 1. The molecule has 26 heavy (non-hydrogen) atoms. The molecule has 1 N–H and O–H groups in total. The highest BCUT2D eigenvalue weighted by Gasteiger charge is 2.28. The number of carbonyl (C=O) groups excluding carboxylic acids is 1. The quantitative estimate of drug-likeness (QED) is 0.689. The van der Waals surface area contributed by atoms with E-state index in [0.29, 0.717) is 27.8 Å². The van der Waals surface area contributed by atoms with E-state index in [1.54, 1.807) is 18.2 Å². The molecule has 0 spiro atoms. The fourth-order valence-corrected chi connectivity index (χ4v) is 3.53. The summed E-state index contributed by atoms with van der Waals surface area (Å²) in [5, 5.41) is 12.7. The van der Waals surface area contributed by atoms with Crippen molar-refractivity contribution in [1.29, 1.82) is 0 Å². The molecule has 0 saturated heterocycles. The van der Waals surface area contributed by atoms with Gasteiger partial charge in [-0.1, -0.05) is 11.3 Å². The molecule has 3 aromatic rings. The molecule has 1 aromatic carbocycles. The van der Waals surface area contributed by atoms with Crippen LogP contribution in [0, 0.1) is 0 Å². The van der Waals surface area contributed by atoms with Crippen LogP contribution in [0.3, 0.4) is 0 Å². The molecule has 0 atom stereocenters. The number of nitrogens with zero attached hydrogens (tertiary/aromatic N) is 2. The maximum atomic E-state index is 12.7. The number of rotatable bonds is 5. The minimum Gasteiger partial charge on any atom is -0.491 e. The Morgan fingerprint density at radius 3 is 2.85 bits per heavy atom. The minimum absolute atomic E-state index is 0.0104. The van der Waals surface area contributed by atoms with Crippen molar-refractivity contribution in [1.82, 2.24) is 10.2 Å². The molecule has 1 saturated carbocycles.